The van der Waals surface area contributed by atoms with Gasteiger partial charge in [0.1, 0.15) is 12.9 Å². The number of hydrogen-bond donors (Lipinski definition) is 2. The molecule has 1 aliphatic carbocycles. The van der Waals surface area contributed by atoms with Crippen LogP contribution in [0.3, 0.4) is 0 Å². The first-order valence-electron chi connectivity index (χ1n) is 12.3. The molecule has 2 aromatic rings. The Hall–Kier alpha value is -2.30. The van der Waals surface area contributed by atoms with E-state index in [-0.39, 0.29) is 40.8 Å². The van der Waals surface area contributed by atoms with E-state index in [0.29, 0.717) is 28.8 Å². The van der Waals surface area contributed by atoms with Gasteiger partial charge in [0.15, 0.2) is 18.2 Å². The number of carbonyl (C=O) groups is 2. The van der Waals surface area contributed by atoms with Crippen LogP contribution in [-0.2, 0) is 19.9 Å². The molecule has 10 heteroatoms. The van der Waals surface area contributed by atoms with Gasteiger partial charge in [-0.2, -0.15) is 0 Å². The molecular formula is C25H33BrN4O5. The number of fused-ring (bicyclic) bond motifs is 3. The summed E-state index contributed by atoms with van der Waals surface area (Å²) in [5, 5.41) is 14.6. The van der Waals surface area contributed by atoms with E-state index in [9.17, 15) is 14.7 Å². The number of aliphatic hydroxyl groups is 1. The Labute approximate surface area is 215 Å². The number of aromatic nitrogens is 2. The van der Waals surface area contributed by atoms with Gasteiger partial charge >= 0.3 is 5.97 Å². The van der Waals surface area contributed by atoms with Crippen molar-refractivity contribution < 1.29 is 45.3 Å². The second kappa shape index (κ2) is 10.8. The molecule has 9 nitrogen and oxygen atoms in total. The summed E-state index contributed by atoms with van der Waals surface area (Å²) in [6.07, 6.45) is 13.7. The van der Waals surface area contributed by atoms with Crippen LogP contribution in [0.1, 0.15) is 50.5 Å². The summed E-state index contributed by atoms with van der Waals surface area (Å²) >= 11 is 0. The maximum absolute atomic E-state index is 13.6. The van der Waals surface area contributed by atoms with Crippen LogP contribution < -0.4 is 22.3 Å². The van der Waals surface area contributed by atoms with E-state index in [2.05, 4.69) is 15.3 Å². The Morgan fingerprint density at radius 2 is 1.86 bits per heavy atom. The lowest BCUT2D eigenvalue weighted by Gasteiger charge is -2.52. The van der Waals surface area contributed by atoms with E-state index >= 15 is 0 Å². The molecule has 6 rings (SSSR count). The van der Waals surface area contributed by atoms with Crippen molar-refractivity contribution >= 4 is 17.6 Å². The van der Waals surface area contributed by atoms with E-state index in [1.807, 2.05) is 0 Å². The van der Waals surface area contributed by atoms with Crippen LogP contribution in [0.25, 0.3) is 0 Å². The maximum atomic E-state index is 13.6. The molecule has 5 heterocycles. The van der Waals surface area contributed by atoms with Crippen molar-refractivity contribution in [2.24, 2.45) is 11.8 Å². The Morgan fingerprint density at radius 1 is 1.14 bits per heavy atom. The SMILES string of the molecule is O=C(C[N+]12CCC(CC1)C(OC(=O)[C@](O)(c1ccoc1)C1CCCCC1)C2)Nc1cncnc1.[Br-]. The summed E-state index contributed by atoms with van der Waals surface area (Å²) in [6.45, 7) is 2.66. The number of carbonyl (C=O) groups excluding carboxylic acids is 2. The number of ether oxygens (including phenoxy) is 1. The molecule has 2 atom stereocenters. The fraction of sp³-hybridized carbons (Fsp3) is 0.600. The van der Waals surface area contributed by atoms with Crippen LogP contribution >= 0.6 is 0 Å². The zero-order valence-electron chi connectivity index (χ0n) is 19.8. The quantitative estimate of drug-likeness (QED) is 0.358. The van der Waals surface area contributed by atoms with Crippen molar-refractivity contribution in [1.29, 1.82) is 0 Å². The highest BCUT2D eigenvalue weighted by Gasteiger charge is 2.53. The molecule has 0 spiro atoms. The molecule has 2 aromatic heterocycles. The molecule has 0 aromatic carbocycles. The molecule has 4 fully saturated rings. The normalized spacial score (nSPS) is 27.9. The number of rotatable bonds is 7. The smallest absolute Gasteiger partial charge is 0.343 e. The second-order valence-electron chi connectivity index (χ2n) is 10.2. The monoisotopic (exact) mass is 548 g/mol. The molecule has 1 amide bonds. The van der Waals surface area contributed by atoms with Crippen molar-refractivity contribution in [3.8, 4) is 0 Å². The van der Waals surface area contributed by atoms with E-state index in [1.54, 1.807) is 18.5 Å². The van der Waals surface area contributed by atoms with Crippen LogP contribution in [0.15, 0.2) is 41.7 Å². The Balaban J connectivity index is 0.00000289. The van der Waals surface area contributed by atoms with E-state index in [1.165, 1.54) is 18.9 Å². The third-order valence-corrected chi connectivity index (χ3v) is 8.09. The minimum atomic E-state index is -1.70. The highest BCUT2D eigenvalue weighted by molar-refractivity contribution is 5.91. The summed E-state index contributed by atoms with van der Waals surface area (Å²) in [7, 11) is 0. The first-order chi connectivity index (χ1) is 16.5. The zero-order valence-corrected chi connectivity index (χ0v) is 21.4. The molecule has 190 valence electrons. The van der Waals surface area contributed by atoms with Gasteiger partial charge in [-0.15, -0.1) is 0 Å². The minimum Gasteiger partial charge on any atom is -1.00 e. The van der Waals surface area contributed by atoms with Gasteiger partial charge in [-0.3, -0.25) is 4.79 Å². The van der Waals surface area contributed by atoms with Gasteiger partial charge in [0.05, 0.1) is 43.7 Å². The Bertz CT molecular complexity index is 991. The van der Waals surface area contributed by atoms with Crippen LogP contribution in [0.4, 0.5) is 5.69 Å². The molecule has 35 heavy (non-hydrogen) atoms. The lowest BCUT2D eigenvalue weighted by Crippen LogP contribution is -3.00. The number of amides is 1. The number of nitrogens with zero attached hydrogens (tertiary/aromatic N) is 3. The van der Waals surface area contributed by atoms with E-state index in [4.69, 9.17) is 9.15 Å². The zero-order chi connectivity index (χ0) is 23.6. The van der Waals surface area contributed by atoms with Gasteiger partial charge in [-0.1, -0.05) is 19.3 Å². The van der Waals surface area contributed by atoms with Gasteiger partial charge in [-0.25, -0.2) is 14.8 Å². The number of quaternary nitrogens is 1. The van der Waals surface area contributed by atoms with E-state index < -0.39 is 11.6 Å². The number of hydrogen-bond acceptors (Lipinski definition) is 7. The molecule has 1 unspecified atom stereocenters. The van der Waals surface area contributed by atoms with E-state index in [0.717, 1.165) is 58.0 Å². The number of halogens is 1. The predicted molar refractivity (Wildman–Crippen MR) is 122 cm³/mol. The van der Waals surface area contributed by atoms with Crippen LogP contribution in [0.2, 0.25) is 0 Å². The average molecular weight is 549 g/mol. The van der Waals surface area contributed by atoms with Crippen molar-refractivity contribution in [3.05, 3.63) is 42.9 Å². The first kappa shape index (κ1) is 25.8. The largest absolute Gasteiger partial charge is 1.00 e. The summed E-state index contributed by atoms with van der Waals surface area (Å²) < 4.78 is 11.9. The summed E-state index contributed by atoms with van der Waals surface area (Å²) in [5.41, 5.74) is -0.660. The third-order valence-electron chi connectivity index (χ3n) is 8.09. The summed E-state index contributed by atoms with van der Waals surface area (Å²) in [4.78, 5) is 34.2. The Kier molecular flexibility index (Phi) is 7.92. The van der Waals surface area contributed by atoms with Crippen LogP contribution in [-0.4, -0.2) is 63.7 Å². The van der Waals surface area contributed by atoms with Gasteiger partial charge < -0.3 is 41.0 Å². The second-order valence-corrected chi connectivity index (χ2v) is 10.2. The molecule has 3 aliphatic heterocycles. The average Bonchev–Trinajstić information content (AvgIpc) is 3.40. The maximum Gasteiger partial charge on any atom is 0.343 e. The summed E-state index contributed by atoms with van der Waals surface area (Å²) in [6, 6.07) is 1.66. The number of anilines is 1. The van der Waals surface area contributed by atoms with Crippen molar-refractivity contribution in [2.75, 3.05) is 31.5 Å². The van der Waals surface area contributed by atoms with Crippen molar-refractivity contribution in [3.63, 3.8) is 0 Å². The van der Waals surface area contributed by atoms with Gasteiger partial charge in [-0.05, 0) is 18.9 Å². The minimum absolute atomic E-state index is 0. The fourth-order valence-electron chi connectivity index (χ4n) is 6.19. The first-order valence-corrected chi connectivity index (χ1v) is 12.3. The van der Waals surface area contributed by atoms with Gasteiger partial charge in [0.2, 0.25) is 0 Å². The van der Waals surface area contributed by atoms with Crippen molar-refractivity contribution in [1.82, 2.24) is 9.97 Å². The number of esters is 1. The molecular weight excluding hydrogens is 516 g/mol. The lowest BCUT2D eigenvalue weighted by molar-refractivity contribution is -0.939. The van der Waals surface area contributed by atoms with Crippen LogP contribution in [0.5, 0.6) is 0 Å². The molecule has 3 saturated heterocycles. The topological polar surface area (TPSA) is 115 Å². The van der Waals surface area contributed by atoms with Crippen LogP contribution in [0, 0.1) is 11.8 Å². The standard InChI is InChI=1S/C25H32N4O5.BrH/c30-23(28-21-12-26-17-27-13-21)15-29-9-6-18(7-10-29)22(14-29)34-24(31)25(32,20-8-11-33-16-20)19-4-2-1-3-5-19;/h8,11-13,16-19,22,32H,1-7,9-10,14-15H2;1H/t18?,22?,25-,29?;/m1./s1. The lowest BCUT2D eigenvalue weighted by atomic mass is 9.74. The molecule has 1 saturated carbocycles. The molecule has 2 N–H and O–H groups in total. The van der Waals surface area contributed by atoms with Crippen molar-refractivity contribution in [2.45, 2.75) is 56.7 Å². The number of furan rings is 1. The fourth-order valence-corrected chi connectivity index (χ4v) is 6.19. The molecule has 4 aliphatic rings. The third kappa shape index (κ3) is 5.29. The summed E-state index contributed by atoms with van der Waals surface area (Å²) in [5.74, 6) is -0.607. The Morgan fingerprint density at radius 3 is 2.51 bits per heavy atom. The van der Waals surface area contributed by atoms with Gasteiger partial charge in [0.25, 0.3) is 5.91 Å². The highest BCUT2D eigenvalue weighted by Crippen LogP contribution is 2.42. The number of nitrogens with one attached hydrogen (secondary N) is 1. The highest BCUT2D eigenvalue weighted by atomic mass is 79.9. The number of piperidine rings is 3. The molecule has 0 radical (unpaired) electrons. The predicted octanol–water partition coefficient (Wildman–Crippen LogP) is -0.368. The molecule has 2 bridgehead atoms. The van der Waals surface area contributed by atoms with Gasteiger partial charge in [0, 0.05) is 30.2 Å².